The molecule has 0 saturated carbocycles. The van der Waals surface area contributed by atoms with Gasteiger partial charge in [0.05, 0.1) is 0 Å². The maximum absolute atomic E-state index is 5.91. The highest BCUT2D eigenvalue weighted by molar-refractivity contribution is 5.45. The highest BCUT2D eigenvalue weighted by Gasteiger charge is 2.24. The number of nitrogens with one attached hydrogen (secondary N) is 1. The molecule has 0 saturated heterocycles. The predicted molar refractivity (Wildman–Crippen MR) is 72.2 cm³/mol. The van der Waals surface area contributed by atoms with E-state index in [4.69, 9.17) is 9.47 Å². The maximum atomic E-state index is 5.91. The lowest BCUT2D eigenvalue weighted by molar-refractivity contribution is 0.235. The third kappa shape index (κ3) is 2.28. The molecule has 1 aliphatic rings. The van der Waals surface area contributed by atoms with E-state index in [1.165, 1.54) is 0 Å². The van der Waals surface area contributed by atoms with E-state index in [9.17, 15) is 0 Å². The molecule has 0 aromatic heterocycles. The number of allylic oxidation sites excluding steroid dienone is 1. The van der Waals surface area contributed by atoms with Crippen LogP contribution in [0.1, 0.15) is 0 Å². The zero-order valence-electron chi connectivity index (χ0n) is 10.3. The van der Waals surface area contributed by atoms with Gasteiger partial charge in [-0.15, -0.1) is 0 Å². The Morgan fingerprint density at radius 2 is 2.11 bits per heavy atom. The largest absolute Gasteiger partial charge is 0.479 e. The molecule has 0 fully saturated rings. The van der Waals surface area contributed by atoms with Gasteiger partial charge in [-0.1, -0.05) is 18.7 Å². The summed E-state index contributed by atoms with van der Waals surface area (Å²) >= 11 is 0. The number of likely N-dealkylation sites (N-methyl/N-ethyl adjacent to an activating group) is 1. The van der Waals surface area contributed by atoms with Crippen molar-refractivity contribution < 1.29 is 9.47 Å². The third-order valence-corrected chi connectivity index (χ3v) is 2.64. The van der Waals surface area contributed by atoms with Gasteiger partial charge in [-0.3, -0.25) is 4.99 Å². The summed E-state index contributed by atoms with van der Waals surface area (Å²) < 4.78 is 11.7. The smallest absolute Gasteiger partial charge is 0.169 e. The predicted octanol–water partition coefficient (Wildman–Crippen LogP) is 2.14. The summed E-state index contributed by atoms with van der Waals surface area (Å²) in [6, 6.07) is 7.51. The highest BCUT2D eigenvalue weighted by atomic mass is 16.5. The van der Waals surface area contributed by atoms with Crippen LogP contribution in [-0.2, 0) is 0 Å². The van der Waals surface area contributed by atoms with Crippen molar-refractivity contribution in [1.82, 2.24) is 5.32 Å². The molecule has 4 nitrogen and oxygen atoms in total. The number of benzene rings is 1. The summed E-state index contributed by atoms with van der Waals surface area (Å²) in [6.07, 6.45) is 1.38. The van der Waals surface area contributed by atoms with Crippen LogP contribution in [0, 0.1) is 0 Å². The molecule has 0 bridgehead atoms. The van der Waals surface area contributed by atoms with E-state index in [2.05, 4.69) is 23.6 Å². The second-order valence-corrected chi connectivity index (χ2v) is 3.82. The Morgan fingerprint density at radius 1 is 1.39 bits per heavy atom. The number of hydrogen-bond donors (Lipinski definition) is 1. The molecule has 94 valence electrons. The number of rotatable bonds is 4. The summed E-state index contributed by atoms with van der Waals surface area (Å²) in [7, 11) is 1.86. The molecule has 2 rings (SSSR count). The first-order chi connectivity index (χ1) is 8.80. The standard InChI is InChI=1S/C14H16N2O2/c1-4-10-14(16-3)13(9-15-2)18-12-8-6-5-7-11(12)17-10/h4-8,13,15H,1,3,9H2,2H3. The third-order valence-electron chi connectivity index (χ3n) is 2.64. The fraction of sp³-hybridized carbons (Fsp3) is 0.214. The number of nitrogens with zero attached hydrogens (tertiary/aromatic N) is 1. The summed E-state index contributed by atoms with van der Waals surface area (Å²) in [6.45, 7) is 7.94. The zero-order chi connectivity index (χ0) is 13.0. The molecule has 18 heavy (non-hydrogen) atoms. The molecule has 0 aliphatic carbocycles. The minimum atomic E-state index is -0.246. The minimum absolute atomic E-state index is 0.246. The van der Waals surface area contributed by atoms with Crippen LogP contribution in [0.25, 0.3) is 0 Å². The topological polar surface area (TPSA) is 42.9 Å². The van der Waals surface area contributed by atoms with Crippen LogP contribution < -0.4 is 14.8 Å². The second kappa shape index (κ2) is 5.51. The Morgan fingerprint density at radius 3 is 2.72 bits per heavy atom. The molecule has 1 aromatic rings. The van der Waals surface area contributed by atoms with Crippen LogP contribution in [0.2, 0.25) is 0 Å². The Labute approximate surface area is 107 Å². The van der Waals surface area contributed by atoms with Crippen LogP contribution in [0.3, 0.4) is 0 Å². The molecule has 0 amide bonds. The average Bonchev–Trinajstić information content (AvgIpc) is 2.54. The molecule has 4 heteroatoms. The van der Waals surface area contributed by atoms with Crippen molar-refractivity contribution in [2.45, 2.75) is 6.10 Å². The van der Waals surface area contributed by atoms with E-state index in [0.29, 0.717) is 29.5 Å². The monoisotopic (exact) mass is 244 g/mol. The Kier molecular flexibility index (Phi) is 3.79. The SMILES string of the molecule is C=CC1=C(N=C)C(CNC)Oc2ccccc2O1. The minimum Gasteiger partial charge on any atom is -0.479 e. The molecule has 1 aliphatic heterocycles. The van der Waals surface area contributed by atoms with Crippen LogP contribution in [0.15, 0.2) is 53.4 Å². The number of ether oxygens (including phenoxy) is 2. The lowest BCUT2D eigenvalue weighted by Crippen LogP contribution is -2.30. The first-order valence-electron chi connectivity index (χ1n) is 5.71. The molecule has 1 unspecified atom stereocenters. The van der Waals surface area contributed by atoms with Crippen molar-refractivity contribution in [3.8, 4) is 11.5 Å². The number of hydrogen-bond acceptors (Lipinski definition) is 4. The number of fused-ring (bicyclic) bond motifs is 1. The number of aliphatic imine (C=N–C) groups is 1. The molecule has 1 N–H and O–H groups in total. The summed E-state index contributed by atoms with van der Waals surface area (Å²) in [5.41, 5.74) is 0.649. The van der Waals surface area contributed by atoms with Gasteiger partial charge in [0.1, 0.15) is 5.70 Å². The van der Waals surface area contributed by atoms with Crippen molar-refractivity contribution in [3.05, 3.63) is 48.4 Å². The summed E-state index contributed by atoms with van der Waals surface area (Å²) in [4.78, 5) is 4.01. The molecule has 1 heterocycles. The molecule has 1 aromatic carbocycles. The lowest BCUT2D eigenvalue weighted by atomic mass is 10.2. The van der Waals surface area contributed by atoms with Crippen molar-refractivity contribution in [3.63, 3.8) is 0 Å². The van der Waals surface area contributed by atoms with Crippen molar-refractivity contribution in [1.29, 1.82) is 0 Å². The molecule has 0 radical (unpaired) electrons. The fourth-order valence-electron chi connectivity index (χ4n) is 1.82. The Balaban J connectivity index is 2.47. The zero-order valence-corrected chi connectivity index (χ0v) is 10.3. The van der Waals surface area contributed by atoms with Crippen molar-refractivity contribution in [2.24, 2.45) is 4.99 Å². The second-order valence-electron chi connectivity index (χ2n) is 3.82. The van der Waals surface area contributed by atoms with E-state index < -0.39 is 0 Å². The van der Waals surface area contributed by atoms with Crippen LogP contribution >= 0.6 is 0 Å². The van der Waals surface area contributed by atoms with E-state index in [0.717, 1.165) is 0 Å². The van der Waals surface area contributed by atoms with Gasteiger partial charge in [0.25, 0.3) is 0 Å². The average molecular weight is 244 g/mol. The molecular formula is C14H16N2O2. The van der Waals surface area contributed by atoms with Gasteiger partial charge in [0.2, 0.25) is 0 Å². The first kappa shape index (κ1) is 12.4. The molecule has 1 atom stereocenters. The van der Waals surface area contributed by atoms with Gasteiger partial charge in [-0.25, -0.2) is 0 Å². The van der Waals surface area contributed by atoms with Gasteiger partial charge in [-0.05, 0) is 32.0 Å². The summed E-state index contributed by atoms with van der Waals surface area (Å²) in [5.74, 6) is 1.93. The van der Waals surface area contributed by atoms with E-state index >= 15 is 0 Å². The van der Waals surface area contributed by atoms with E-state index in [1.807, 2.05) is 31.3 Å². The van der Waals surface area contributed by atoms with Gasteiger partial charge < -0.3 is 14.8 Å². The summed E-state index contributed by atoms with van der Waals surface area (Å²) in [5, 5.41) is 3.07. The van der Waals surface area contributed by atoms with Crippen molar-refractivity contribution in [2.75, 3.05) is 13.6 Å². The first-order valence-corrected chi connectivity index (χ1v) is 5.71. The van der Waals surface area contributed by atoms with Crippen LogP contribution in [-0.4, -0.2) is 26.4 Å². The van der Waals surface area contributed by atoms with E-state index in [-0.39, 0.29) is 6.10 Å². The Hall–Kier alpha value is -2.07. The van der Waals surface area contributed by atoms with Gasteiger partial charge >= 0.3 is 0 Å². The Bertz CT molecular complexity index is 494. The molecule has 0 spiro atoms. The van der Waals surface area contributed by atoms with E-state index in [1.54, 1.807) is 6.08 Å². The van der Waals surface area contributed by atoms with Gasteiger partial charge in [0.15, 0.2) is 23.4 Å². The lowest BCUT2D eigenvalue weighted by Gasteiger charge is -2.17. The highest BCUT2D eigenvalue weighted by Crippen LogP contribution is 2.34. The quantitative estimate of drug-likeness (QED) is 0.825. The normalized spacial score (nSPS) is 18.2. The molecular weight excluding hydrogens is 228 g/mol. The van der Waals surface area contributed by atoms with Crippen LogP contribution in [0.5, 0.6) is 11.5 Å². The van der Waals surface area contributed by atoms with Gasteiger partial charge in [-0.2, -0.15) is 0 Å². The van der Waals surface area contributed by atoms with Crippen molar-refractivity contribution >= 4 is 6.72 Å². The van der Waals surface area contributed by atoms with Gasteiger partial charge in [0, 0.05) is 6.54 Å². The number of para-hydroxylation sites is 2. The maximum Gasteiger partial charge on any atom is 0.169 e. The fourth-order valence-corrected chi connectivity index (χ4v) is 1.82. The van der Waals surface area contributed by atoms with Crippen LogP contribution in [0.4, 0.5) is 0 Å².